The van der Waals surface area contributed by atoms with Crippen LogP contribution in [0.25, 0.3) is 0 Å². The lowest BCUT2D eigenvalue weighted by atomic mass is 10.1. The molecule has 0 fully saturated rings. The van der Waals surface area contributed by atoms with Gasteiger partial charge in [0.25, 0.3) is 0 Å². The van der Waals surface area contributed by atoms with E-state index < -0.39 is 5.97 Å². The van der Waals surface area contributed by atoms with Crippen LogP contribution in [0.4, 0.5) is 0 Å². The minimum absolute atomic E-state index is 0.0481. The van der Waals surface area contributed by atoms with Crippen molar-refractivity contribution in [2.75, 3.05) is 132 Å². The molecule has 0 aliphatic rings. The summed E-state index contributed by atoms with van der Waals surface area (Å²) in [6.45, 7) is 11.9. The Labute approximate surface area is 419 Å². The van der Waals surface area contributed by atoms with Crippen molar-refractivity contribution in [3.63, 3.8) is 0 Å². The van der Waals surface area contributed by atoms with Crippen LogP contribution in [0.3, 0.4) is 0 Å². The topological polar surface area (TPSA) is 185 Å². The highest BCUT2D eigenvalue weighted by Gasteiger charge is 2.11. The lowest BCUT2D eigenvalue weighted by Gasteiger charge is -2.18. The molecule has 0 amide bonds. The number of esters is 3. The Bertz CT molecular complexity index is 1120. The Morgan fingerprint density at radius 3 is 1.26 bits per heavy atom. The van der Waals surface area contributed by atoms with Crippen molar-refractivity contribution >= 4 is 23.7 Å². The van der Waals surface area contributed by atoms with Crippen LogP contribution in [0.5, 0.6) is 0 Å². The van der Waals surface area contributed by atoms with E-state index in [-0.39, 0.29) is 56.7 Å². The minimum atomic E-state index is -0.448. The Hall–Kier alpha value is -2.28. The van der Waals surface area contributed by atoms with Gasteiger partial charge >= 0.3 is 17.9 Å². The molecule has 16 nitrogen and oxygen atoms in total. The number of ketones is 1. The fourth-order valence-corrected chi connectivity index (χ4v) is 7.06. The molecule has 0 spiro atoms. The van der Waals surface area contributed by atoms with Crippen LogP contribution in [0, 0.1) is 0 Å². The first-order chi connectivity index (χ1) is 33.9. The highest BCUT2D eigenvalue weighted by Crippen LogP contribution is 2.12. The van der Waals surface area contributed by atoms with Crippen LogP contribution in [-0.4, -0.2) is 162 Å². The fourth-order valence-electron chi connectivity index (χ4n) is 7.06. The molecule has 69 heavy (non-hydrogen) atoms. The quantitative estimate of drug-likeness (QED) is 0.0335. The highest BCUT2D eigenvalue weighted by atomic mass is 16.6. The van der Waals surface area contributed by atoms with E-state index >= 15 is 0 Å². The molecule has 0 bridgehead atoms. The second kappa shape index (κ2) is 56.6. The molecular formula is C53H102N2O14. The van der Waals surface area contributed by atoms with Crippen molar-refractivity contribution < 1.29 is 66.5 Å². The number of nitrogens with one attached hydrogen (secondary N) is 2. The van der Waals surface area contributed by atoms with Crippen molar-refractivity contribution in [2.45, 2.75) is 187 Å². The van der Waals surface area contributed by atoms with E-state index in [1.165, 1.54) is 64.2 Å². The molecule has 0 heterocycles. The average molecular weight is 991 g/mol. The first-order valence-electron chi connectivity index (χ1n) is 27.3. The second-order valence-corrected chi connectivity index (χ2v) is 17.7. The fraction of sp³-hybridized carbons (Fsp3) is 0.925. The van der Waals surface area contributed by atoms with Gasteiger partial charge in [-0.15, -0.1) is 0 Å². The second-order valence-electron chi connectivity index (χ2n) is 17.7. The molecule has 0 aromatic heterocycles. The Balaban J connectivity index is 4.14. The van der Waals surface area contributed by atoms with Crippen molar-refractivity contribution in [1.82, 2.24) is 10.6 Å². The predicted molar refractivity (Wildman–Crippen MR) is 271 cm³/mol. The Morgan fingerprint density at radius 2 is 0.754 bits per heavy atom. The van der Waals surface area contributed by atoms with E-state index in [4.69, 9.17) is 47.4 Å². The molecule has 408 valence electrons. The van der Waals surface area contributed by atoms with Gasteiger partial charge in [0, 0.05) is 39.7 Å². The Kier molecular flexibility index (Phi) is 54.8. The van der Waals surface area contributed by atoms with Crippen LogP contribution < -0.4 is 10.6 Å². The van der Waals surface area contributed by atoms with Crippen molar-refractivity contribution in [3.05, 3.63) is 0 Å². The number of hydrogen-bond acceptors (Lipinski definition) is 16. The molecule has 0 aromatic rings. The Morgan fingerprint density at radius 1 is 0.362 bits per heavy atom. The summed E-state index contributed by atoms with van der Waals surface area (Å²) in [5, 5.41) is 5.73. The van der Waals surface area contributed by atoms with Gasteiger partial charge in [-0.05, 0) is 38.5 Å². The monoisotopic (exact) mass is 991 g/mol. The smallest absolute Gasteiger partial charge is 0.320 e. The SMILES string of the molecule is CCCCCCCCCOC(=O)CCCCCCCOCC(COCCOCCOCCOCCOC(=O)CNCC(=O)CNCCOC)OCCCCCCCC(=O)OCCCCCCCCC. The van der Waals surface area contributed by atoms with E-state index in [2.05, 4.69) is 24.5 Å². The summed E-state index contributed by atoms with van der Waals surface area (Å²) in [5.74, 6) is -0.645. The first-order valence-corrected chi connectivity index (χ1v) is 27.3. The van der Waals surface area contributed by atoms with E-state index in [0.717, 1.165) is 89.9 Å². The number of rotatable bonds is 58. The van der Waals surface area contributed by atoms with Crippen LogP contribution >= 0.6 is 0 Å². The molecular weight excluding hydrogens is 889 g/mol. The molecule has 0 rings (SSSR count). The summed E-state index contributed by atoms with van der Waals surface area (Å²) in [6, 6.07) is 0. The maximum atomic E-state index is 12.1. The lowest BCUT2D eigenvalue weighted by Crippen LogP contribution is -2.35. The van der Waals surface area contributed by atoms with Gasteiger partial charge in [-0.3, -0.25) is 19.2 Å². The van der Waals surface area contributed by atoms with Gasteiger partial charge in [0.1, 0.15) is 12.7 Å². The largest absolute Gasteiger partial charge is 0.466 e. The minimum Gasteiger partial charge on any atom is -0.466 e. The number of unbranched alkanes of at least 4 members (excludes halogenated alkanes) is 20. The van der Waals surface area contributed by atoms with Gasteiger partial charge in [0.2, 0.25) is 0 Å². The first kappa shape index (κ1) is 66.7. The number of methoxy groups -OCH3 is 1. The van der Waals surface area contributed by atoms with Crippen LogP contribution in [-0.2, 0) is 66.5 Å². The van der Waals surface area contributed by atoms with Gasteiger partial charge in [0.15, 0.2) is 5.78 Å². The van der Waals surface area contributed by atoms with E-state index in [1.807, 2.05) is 0 Å². The number of Topliss-reactive ketones (excluding diaryl/α,β-unsaturated/α-hetero) is 1. The average Bonchev–Trinajstić information content (AvgIpc) is 3.34. The molecule has 0 aromatic carbocycles. The maximum Gasteiger partial charge on any atom is 0.320 e. The molecule has 0 aliphatic heterocycles. The number of carbonyl (C=O) groups excluding carboxylic acids is 4. The van der Waals surface area contributed by atoms with Gasteiger partial charge in [-0.25, -0.2) is 0 Å². The zero-order valence-corrected chi connectivity index (χ0v) is 44.1. The third kappa shape index (κ3) is 54.9. The van der Waals surface area contributed by atoms with Gasteiger partial charge in [-0.2, -0.15) is 0 Å². The summed E-state index contributed by atoms with van der Waals surface area (Å²) >= 11 is 0. The van der Waals surface area contributed by atoms with E-state index in [0.29, 0.717) is 105 Å². The predicted octanol–water partition coefficient (Wildman–Crippen LogP) is 8.66. The zero-order chi connectivity index (χ0) is 50.2. The standard InChI is InChI=1S/C53H102N2O14/c1-4-6-8-10-12-19-26-33-67-51(57)28-22-16-14-18-24-31-64-47-50(66-32-25-21-15-17-23-29-52(58)68-34-27-20-13-11-9-7-5-2)48-65-41-40-62-37-36-61-38-39-63-42-43-69-53(59)46-55-45-49(56)44-54-30-35-60-3/h50,54-55H,4-48H2,1-3H3. The molecule has 0 aliphatic carbocycles. The van der Waals surface area contributed by atoms with Crippen LogP contribution in [0.1, 0.15) is 181 Å². The van der Waals surface area contributed by atoms with E-state index in [1.54, 1.807) is 7.11 Å². The molecule has 0 saturated heterocycles. The highest BCUT2D eigenvalue weighted by molar-refractivity contribution is 5.83. The van der Waals surface area contributed by atoms with Crippen LogP contribution in [0.2, 0.25) is 0 Å². The van der Waals surface area contributed by atoms with E-state index in [9.17, 15) is 19.2 Å². The molecule has 0 radical (unpaired) electrons. The van der Waals surface area contributed by atoms with Crippen LogP contribution in [0.15, 0.2) is 0 Å². The zero-order valence-electron chi connectivity index (χ0n) is 44.1. The molecule has 16 heteroatoms. The van der Waals surface area contributed by atoms with Gasteiger partial charge in [-0.1, -0.05) is 129 Å². The summed E-state index contributed by atoms with van der Waals surface area (Å²) < 4.78 is 55.6. The number of carbonyl (C=O) groups is 4. The molecule has 1 unspecified atom stereocenters. The summed E-state index contributed by atoms with van der Waals surface area (Å²) in [5.41, 5.74) is 0. The van der Waals surface area contributed by atoms with Crippen molar-refractivity contribution in [3.8, 4) is 0 Å². The summed E-state index contributed by atoms with van der Waals surface area (Å²) in [7, 11) is 1.60. The third-order valence-corrected chi connectivity index (χ3v) is 11.2. The van der Waals surface area contributed by atoms with Crippen molar-refractivity contribution in [1.29, 1.82) is 0 Å². The lowest BCUT2D eigenvalue weighted by molar-refractivity contribution is -0.145. The summed E-state index contributed by atoms with van der Waals surface area (Å²) in [4.78, 5) is 47.7. The summed E-state index contributed by atoms with van der Waals surface area (Å²) in [6.07, 6.45) is 27.6. The molecule has 1 atom stereocenters. The number of hydrogen-bond donors (Lipinski definition) is 2. The normalized spacial score (nSPS) is 11.8. The maximum absolute atomic E-state index is 12.1. The number of ether oxygens (including phenoxy) is 10. The van der Waals surface area contributed by atoms with Gasteiger partial charge in [0.05, 0.1) is 98.9 Å². The van der Waals surface area contributed by atoms with Gasteiger partial charge < -0.3 is 58.0 Å². The van der Waals surface area contributed by atoms with Crippen molar-refractivity contribution in [2.24, 2.45) is 0 Å². The molecule has 0 saturated carbocycles. The third-order valence-electron chi connectivity index (χ3n) is 11.2. The molecule has 2 N–H and O–H groups in total.